The van der Waals surface area contributed by atoms with E-state index in [0.29, 0.717) is 0 Å². The van der Waals surface area contributed by atoms with Crippen LogP contribution in [-0.2, 0) is 4.79 Å². The molecule has 4 unspecified atom stereocenters. The lowest BCUT2D eigenvalue weighted by atomic mass is 9.87. The second-order valence-electron chi connectivity index (χ2n) is 4.70. The molecule has 92 valence electrons. The lowest BCUT2D eigenvalue weighted by Crippen LogP contribution is -2.48. The average Bonchev–Trinajstić information content (AvgIpc) is 2.67. The second kappa shape index (κ2) is 4.62. The lowest BCUT2D eigenvalue weighted by molar-refractivity contribution is -0.123. The van der Waals surface area contributed by atoms with E-state index in [-0.39, 0.29) is 30.1 Å². The first-order chi connectivity index (χ1) is 8.10. The van der Waals surface area contributed by atoms with Crippen molar-refractivity contribution in [3.05, 3.63) is 0 Å². The minimum absolute atomic E-state index is 0.0553. The molecule has 0 aromatic carbocycles. The van der Waals surface area contributed by atoms with Crippen LogP contribution in [0.3, 0.4) is 0 Å². The Bertz CT molecular complexity index is 376. The first-order valence-corrected chi connectivity index (χ1v) is 5.87. The Kier molecular flexibility index (Phi) is 3.18. The van der Waals surface area contributed by atoms with Crippen LogP contribution in [-0.4, -0.2) is 30.1 Å². The fourth-order valence-electron chi connectivity index (χ4n) is 2.40. The summed E-state index contributed by atoms with van der Waals surface area (Å²) in [6, 6.07) is 2.12. The second-order valence-corrected chi connectivity index (χ2v) is 4.70. The third-order valence-corrected chi connectivity index (χ3v) is 3.42. The van der Waals surface area contributed by atoms with Crippen molar-refractivity contribution in [1.29, 1.82) is 5.26 Å². The molecule has 2 aliphatic rings. The number of hydrogen-bond acceptors (Lipinski definition) is 3. The molecule has 17 heavy (non-hydrogen) atoms. The first kappa shape index (κ1) is 11.7. The number of nitrogens with one attached hydrogen (secondary N) is 3. The number of urea groups is 1. The van der Waals surface area contributed by atoms with E-state index in [1.165, 1.54) is 0 Å². The van der Waals surface area contributed by atoms with Crippen LogP contribution in [0.4, 0.5) is 4.79 Å². The smallest absolute Gasteiger partial charge is 0.315 e. The van der Waals surface area contributed by atoms with Gasteiger partial charge in [0.25, 0.3) is 0 Å². The van der Waals surface area contributed by atoms with Gasteiger partial charge in [-0.05, 0) is 26.2 Å². The molecular formula is C11H16N4O2. The molecule has 2 fully saturated rings. The van der Waals surface area contributed by atoms with Crippen molar-refractivity contribution in [3.8, 4) is 6.07 Å². The molecule has 0 aromatic heterocycles. The fourth-order valence-corrected chi connectivity index (χ4v) is 2.40. The van der Waals surface area contributed by atoms with Crippen LogP contribution in [0.15, 0.2) is 0 Å². The standard InChI is InChI=1S/C11H16N4O2/c1-6(5-12)10(16)13-7-2-3-8-9(4-7)15-11(17)14-8/h6-9H,2-4H2,1H3,(H,13,16)(H2,14,15,17). The van der Waals surface area contributed by atoms with E-state index in [1.54, 1.807) is 6.92 Å². The first-order valence-electron chi connectivity index (χ1n) is 5.87. The van der Waals surface area contributed by atoms with Gasteiger partial charge in [0.2, 0.25) is 5.91 Å². The summed E-state index contributed by atoms with van der Waals surface area (Å²) in [6.07, 6.45) is 2.43. The van der Waals surface area contributed by atoms with Crippen molar-refractivity contribution in [2.75, 3.05) is 0 Å². The number of amides is 3. The summed E-state index contributed by atoms with van der Waals surface area (Å²) in [5, 5.41) is 17.2. The van der Waals surface area contributed by atoms with Crippen LogP contribution >= 0.6 is 0 Å². The van der Waals surface area contributed by atoms with Crippen molar-refractivity contribution < 1.29 is 9.59 Å². The predicted octanol–water partition coefficient (Wildman–Crippen LogP) is -0.135. The maximum atomic E-state index is 11.6. The molecule has 1 aliphatic heterocycles. The quantitative estimate of drug-likeness (QED) is 0.623. The SMILES string of the molecule is CC(C#N)C(=O)NC1CCC2NC(=O)NC2C1. The summed E-state index contributed by atoms with van der Waals surface area (Å²) >= 11 is 0. The molecule has 3 N–H and O–H groups in total. The average molecular weight is 236 g/mol. The van der Waals surface area contributed by atoms with Crippen LogP contribution in [0.5, 0.6) is 0 Å². The number of rotatable bonds is 2. The van der Waals surface area contributed by atoms with Crippen LogP contribution in [0.2, 0.25) is 0 Å². The fraction of sp³-hybridized carbons (Fsp3) is 0.727. The Morgan fingerprint density at radius 1 is 1.47 bits per heavy atom. The molecule has 6 nitrogen and oxygen atoms in total. The topological polar surface area (TPSA) is 94.0 Å². The van der Waals surface area contributed by atoms with Gasteiger partial charge in [0.05, 0.1) is 18.2 Å². The summed E-state index contributed by atoms with van der Waals surface area (Å²) in [6.45, 7) is 1.58. The van der Waals surface area contributed by atoms with Crippen LogP contribution in [0, 0.1) is 17.2 Å². The van der Waals surface area contributed by atoms with Crippen LogP contribution in [0.1, 0.15) is 26.2 Å². The number of carbonyl (C=O) groups is 2. The maximum absolute atomic E-state index is 11.6. The summed E-state index contributed by atoms with van der Waals surface area (Å²) in [5.41, 5.74) is 0. The largest absolute Gasteiger partial charge is 0.352 e. The van der Waals surface area contributed by atoms with Gasteiger partial charge in [-0.2, -0.15) is 5.26 Å². The van der Waals surface area contributed by atoms with E-state index in [0.717, 1.165) is 19.3 Å². The molecular weight excluding hydrogens is 220 g/mol. The zero-order valence-corrected chi connectivity index (χ0v) is 9.69. The highest BCUT2D eigenvalue weighted by molar-refractivity contribution is 5.81. The molecule has 3 amide bonds. The third-order valence-electron chi connectivity index (χ3n) is 3.42. The van der Waals surface area contributed by atoms with Gasteiger partial charge in [-0.15, -0.1) is 0 Å². The van der Waals surface area contributed by atoms with Gasteiger partial charge in [-0.1, -0.05) is 0 Å². The van der Waals surface area contributed by atoms with Crippen molar-refractivity contribution >= 4 is 11.9 Å². The highest BCUT2D eigenvalue weighted by Crippen LogP contribution is 2.22. The number of fused-ring (bicyclic) bond motifs is 1. The van der Waals surface area contributed by atoms with Gasteiger partial charge in [0, 0.05) is 6.04 Å². The summed E-state index contributed by atoms with van der Waals surface area (Å²) < 4.78 is 0. The van der Waals surface area contributed by atoms with Crippen molar-refractivity contribution in [2.24, 2.45) is 5.92 Å². The van der Waals surface area contributed by atoms with Gasteiger partial charge in [-0.3, -0.25) is 4.79 Å². The van der Waals surface area contributed by atoms with Gasteiger partial charge in [0.15, 0.2) is 0 Å². The number of hydrogen-bond donors (Lipinski definition) is 3. The minimum Gasteiger partial charge on any atom is -0.352 e. The maximum Gasteiger partial charge on any atom is 0.315 e. The molecule has 1 heterocycles. The normalized spacial score (nSPS) is 32.7. The third kappa shape index (κ3) is 2.49. The Morgan fingerprint density at radius 2 is 2.18 bits per heavy atom. The lowest BCUT2D eigenvalue weighted by Gasteiger charge is -2.31. The van der Waals surface area contributed by atoms with E-state index < -0.39 is 5.92 Å². The molecule has 6 heteroatoms. The van der Waals surface area contributed by atoms with Crippen LogP contribution < -0.4 is 16.0 Å². The van der Waals surface area contributed by atoms with Crippen molar-refractivity contribution in [1.82, 2.24) is 16.0 Å². The van der Waals surface area contributed by atoms with Gasteiger partial charge < -0.3 is 16.0 Å². The zero-order valence-electron chi connectivity index (χ0n) is 9.69. The van der Waals surface area contributed by atoms with E-state index in [1.807, 2.05) is 6.07 Å². The molecule has 1 saturated heterocycles. The number of carbonyl (C=O) groups excluding carboxylic acids is 2. The van der Waals surface area contributed by atoms with Crippen LogP contribution in [0.25, 0.3) is 0 Å². The molecule has 1 aliphatic carbocycles. The Balaban J connectivity index is 1.87. The minimum atomic E-state index is -0.621. The van der Waals surface area contributed by atoms with E-state index in [9.17, 15) is 9.59 Å². The molecule has 0 aromatic rings. The van der Waals surface area contributed by atoms with E-state index in [2.05, 4.69) is 16.0 Å². The number of nitriles is 1. The summed E-state index contributed by atoms with van der Waals surface area (Å²) in [7, 11) is 0. The highest BCUT2D eigenvalue weighted by Gasteiger charge is 2.37. The monoisotopic (exact) mass is 236 g/mol. The highest BCUT2D eigenvalue weighted by atomic mass is 16.2. The molecule has 4 atom stereocenters. The molecule has 0 radical (unpaired) electrons. The van der Waals surface area contributed by atoms with Gasteiger partial charge in [-0.25, -0.2) is 4.79 Å². The van der Waals surface area contributed by atoms with Gasteiger partial charge in [0.1, 0.15) is 5.92 Å². The summed E-state index contributed by atoms with van der Waals surface area (Å²) in [4.78, 5) is 22.7. The molecule has 0 spiro atoms. The summed E-state index contributed by atoms with van der Waals surface area (Å²) in [5.74, 6) is -0.850. The van der Waals surface area contributed by atoms with Crippen molar-refractivity contribution in [2.45, 2.75) is 44.3 Å². The van der Waals surface area contributed by atoms with Gasteiger partial charge >= 0.3 is 6.03 Å². The van der Waals surface area contributed by atoms with E-state index in [4.69, 9.17) is 5.26 Å². The molecule has 1 saturated carbocycles. The van der Waals surface area contributed by atoms with Crippen molar-refractivity contribution in [3.63, 3.8) is 0 Å². The molecule has 0 bridgehead atoms. The predicted molar refractivity (Wildman–Crippen MR) is 59.8 cm³/mol. The Labute approximate surface area is 99.7 Å². The Morgan fingerprint density at radius 3 is 2.88 bits per heavy atom. The molecule has 2 rings (SSSR count). The zero-order chi connectivity index (χ0) is 12.4. The Hall–Kier alpha value is -1.77. The van der Waals surface area contributed by atoms with E-state index >= 15 is 0 Å². The number of nitrogens with zero attached hydrogens (tertiary/aromatic N) is 1.